The van der Waals surface area contributed by atoms with Gasteiger partial charge in [-0.3, -0.25) is 0 Å². The van der Waals surface area contributed by atoms with Crippen LogP contribution in [0.5, 0.6) is 0 Å². The van der Waals surface area contributed by atoms with E-state index in [9.17, 15) is 4.79 Å². The molecule has 2 aliphatic carbocycles. The second-order valence-electron chi connectivity index (χ2n) is 5.75. The maximum atomic E-state index is 11.7. The van der Waals surface area contributed by atoms with Crippen LogP contribution in [-0.2, 0) is 9.53 Å². The van der Waals surface area contributed by atoms with Gasteiger partial charge in [0, 0.05) is 6.08 Å². The number of hydrogen-bond acceptors (Lipinski definition) is 2. The summed E-state index contributed by atoms with van der Waals surface area (Å²) >= 11 is 0. The number of allylic oxidation sites excluding steroid dienone is 1. The van der Waals surface area contributed by atoms with Crippen LogP contribution in [0.2, 0.25) is 0 Å². The van der Waals surface area contributed by atoms with Crippen molar-refractivity contribution in [2.75, 3.05) is 6.61 Å². The van der Waals surface area contributed by atoms with Gasteiger partial charge >= 0.3 is 5.97 Å². The van der Waals surface area contributed by atoms with E-state index >= 15 is 0 Å². The molecule has 2 nitrogen and oxygen atoms in total. The molecule has 0 radical (unpaired) electrons. The lowest BCUT2D eigenvalue weighted by Crippen LogP contribution is -2.17. The molecule has 0 amide bonds. The molecule has 2 fully saturated rings. The largest absolute Gasteiger partial charge is 0.463 e. The van der Waals surface area contributed by atoms with Gasteiger partial charge in [-0.1, -0.05) is 31.8 Å². The molecule has 2 heteroatoms. The van der Waals surface area contributed by atoms with E-state index < -0.39 is 0 Å². The quantitative estimate of drug-likeness (QED) is 0.547. The van der Waals surface area contributed by atoms with Gasteiger partial charge < -0.3 is 4.74 Å². The Kier molecular flexibility index (Phi) is 3.90. The molecule has 17 heavy (non-hydrogen) atoms. The molecular formula is C15H24O2. The van der Waals surface area contributed by atoms with Gasteiger partial charge in [0.05, 0.1) is 6.61 Å². The third kappa shape index (κ3) is 3.11. The molecule has 2 aliphatic rings. The fourth-order valence-corrected chi connectivity index (χ4v) is 2.99. The summed E-state index contributed by atoms with van der Waals surface area (Å²) in [6.07, 6.45) is 10.8. The molecule has 0 saturated heterocycles. The van der Waals surface area contributed by atoms with Crippen LogP contribution in [0.15, 0.2) is 11.6 Å². The second kappa shape index (κ2) is 5.24. The molecule has 2 saturated carbocycles. The Hall–Kier alpha value is -0.790. The first-order chi connectivity index (χ1) is 8.15. The normalized spacial score (nSPS) is 24.5. The zero-order valence-corrected chi connectivity index (χ0v) is 11.1. The van der Waals surface area contributed by atoms with Gasteiger partial charge in [0.1, 0.15) is 0 Å². The molecule has 96 valence electrons. The summed E-state index contributed by atoms with van der Waals surface area (Å²) in [6, 6.07) is 0. The molecule has 0 unspecified atom stereocenters. The Bertz CT molecular complexity index is 307. The number of carbonyl (C=O) groups excluding carboxylic acids is 1. The number of carbonyl (C=O) groups is 1. The second-order valence-corrected chi connectivity index (χ2v) is 5.75. The van der Waals surface area contributed by atoms with E-state index in [1.54, 1.807) is 0 Å². The van der Waals surface area contributed by atoms with Gasteiger partial charge in [-0.2, -0.15) is 0 Å². The first-order valence-corrected chi connectivity index (χ1v) is 7.04. The Balaban J connectivity index is 2.10. The number of ether oxygens (including phenoxy) is 1. The van der Waals surface area contributed by atoms with Crippen molar-refractivity contribution in [3.63, 3.8) is 0 Å². The Morgan fingerprint density at radius 1 is 1.29 bits per heavy atom. The summed E-state index contributed by atoms with van der Waals surface area (Å²) in [5, 5.41) is 0. The maximum absolute atomic E-state index is 11.7. The highest BCUT2D eigenvalue weighted by Gasteiger charge is 2.44. The summed E-state index contributed by atoms with van der Waals surface area (Å²) < 4.78 is 5.07. The molecule has 0 atom stereocenters. The van der Waals surface area contributed by atoms with Crippen molar-refractivity contribution >= 4 is 5.97 Å². The lowest BCUT2D eigenvalue weighted by atomic mass is 9.77. The number of hydrogen-bond donors (Lipinski definition) is 0. The molecular weight excluding hydrogens is 212 g/mol. The molecule has 2 rings (SSSR count). The van der Waals surface area contributed by atoms with Crippen LogP contribution in [0.3, 0.4) is 0 Å². The van der Waals surface area contributed by atoms with Crippen molar-refractivity contribution in [1.82, 2.24) is 0 Å². The van der Waals surface area contributed by atoms with Gasteiger partial charge in [0.25, 0.3) is 0 Å². The molecule has 0 aromatic carbocycles. The summed E-state index contributed by atoms with van der Waals surface area (Å²) in [4.78, 5) is 11.7. The number of rotatable bonds is 4. The molecule has 0 spiro atoms. The van der Waals surface area contributed by atoms with Crippen LogP contribution in [0.1, 0.15) is 58.8 Å². The zero-order valence-electron chi connectivity index (χ0n) is 11.1. The molecule has 0 aromatic heterocycles. The molecule has 0 aliphatic heterocycles. The summed E-state index contributed by atoms with van der Waals surface area (Å²) in [5.41, 5.74) is 1.70. The Labute approximate surface area is 104 Å². The van der Waals surface area contributed by atoms with Crippen LogP contribution < -0.4 is 0 Å². The monoisotopic (exact) mass is 236 g/mol. The predicted octanol–water partition coefficient (Wildman–Crippen LogP) is 3.86. The van der Waals surface area contributed by atoms with Gasteiger partial charge in [-0.05, 0) is 43.9 Å². The van der Waals surface area contributed by atoms with Crippen LogP contribution in [0.25, 0.3) is 0 Å². The zero-order chi connectivity index (χ0) is 12.3. The van der Waals surface area contributed by atoms with Crippen LogP contribution in [0, 0.1) is 11.3 Å². The summed E-state index contributed by atoms with van der Waals surface area (Å²) in [6.45, 7) is 4.64. The minimum Gasteiger partial charge on any atom is -0.463 e. The average Bonchev–Trinajstić information content (AvgIpc) is 3.07. The lowest BCUT2D eigenvalue weighted by molar-refractivity contribution is -0.137. The maximum Gasteiger partial charge on any atom is 0.330 e. The van der Waals surface area contributed by atoms with Crippen LogP contribution in [0.4, 0.5) is 0 Å². The van der Waals surface area contributed by atoms with Gasteiger partial charge in [0.15, 0.2) is 0 Å². The summed E-state index contributed by atoms with van der Waals surface area (Å²) in [7, 11) is 0. The van der Waals surface area contributed by atoms with Crippen molar-refractivity contribution in [1.29, 1.82) is 0 Å². The third-order valence-electron chi connectivity index (χ3n) is 4.30. The van der Waals surface area contributed by atoms with Crippen molar-refractivity contribution in [3.05, 3.63) is 11.6 Å². The Morgan fingerprint density at radius 2 is 1.94 bits per heavy atom. The lowest BCUT2D eigenvalue weighted by Gasteiger charge is -2.28. The van der Waals surface area contributed by atoms with E-state index in [0.29, 0.717) is 17.9 Å². The third-order valence-corrected chi connectivity index (χ3v) is 4.30. The molecule has 0 N–H and O–H groups in total. The SMILES string of the molecule is CCOC(=O)/C=C(/C1CCCCC1)C1(C)CC1. The first kappa shape index (κ1) is 12.7. The van der Waals surface area contributed by atoms with Crippen molar-refractivity contribution in [3.8, 4) is 0 Å². The highest BCUT2D eigenvalue weighted by Crippen LogP contribution is 2.55. The smallest absolute Gasteiger partial charge is 0.330 e. The van der Waals surface area contributed by atoms with Crippen LogP contribution in [-0.4, -0.2) is 12.6 Å². The van der Waals surface area contributed by atoms with E-state index in [4.69, 9.17) is 4.74 Å². The average molecular weight is 236 g/mol. The van der Waals surface area contributed by atoms with E-state index in [2.05, 4.69) is 6.92 Å². The van der Waals surface area contributed by atoms with Crippen molar-refractivity contribution < 1.29 is 9.53 Å². The van der Waals surface area contributed by atoms with Gasteiger partial charge in [0.2, 0.25) is 0 Å². The number of esters is 1. The fourth-order valence-electron chi connectivity index (χ4n) is 2.99. The van der Waals surface area contributed by atoms with Crippen LogP contribution >= 0.6 is 0 Å². The van der Waals surface area contributed by atoms with Crippen molar-refractivity contribution in [2.24, 2.45) is 11.3 Å². The standard InChI is InChI=1S/C15H24O2/c1-3-17-14(16)11-13(15(2)9-10-15)12-7-5-4-6-8-12/h11-12H,3-10H2,1-2H3/b13-11-. The Morgan fingerprint density at radius 3 is 2.47 bits per heavy atom. The van der Waals surface area contributed by atoms with E-state index in [0.717, 1.165) is 0 Å². The molecule has 0 bridgehead atoms. The minimum absolute atomic E-state index is 0.138. The molecule has 0 aromatic rings. The first-order valence-electron chi connectivity index (χ1n) is 7.04. The predicted molar refractivity (Wildman–Crippen MR) is 68.6 cm³/mol. The fraction of sp³-hybridized carbons (Fsp3) is 0.800. The topological polar surface area (TPSA) is 26.3 Å². The van der Waals surface area contributed by atoms with E-state index in [1.807, 2.05) is 13.0 Å². The van der Waals surface area contributed by atoms with Gasteiger partial charge in [-0.15, -0.1) is 0 Å². The van der Waals surface area contributed by atoms with Gasteiger partial charge in [-0.25, -0.2) is 4.79 Å². The highest BCUT2D eigenvalue weighted by atomic mass is 16.5. The molecule has 0 heterocycles. The highest BCUT2D eigenvalue weighted by molar-refractivity contribution is 5.83. The van der Waals surface area contributed by atoms with E-state index in [-0.39, 0.29) is 5.97 Å². The van der Waals surface area contributed by atoms with Crippen molar-refractivity contribution in [2.45, 2.75) is 58.8 Å². The summed E-state index contributed by atoms with van der Waals surface area (Å²) in [5.74, 6) is 0.502. The van der Waals surface area contributed by atoms with E-state index in [1.165, 1.54) is 50.5 Å². The minimum atomic E-state index is -0.138.